The Hall–Kier alpha value is -1.65. The zero-order chi connectivity index (χ0) is 14.8. The fourth-order valence-electron chi connectivity index (χ4n) is 2.95. The van der Waals surface area contributed by atoms with Crippen molar-refractivity contribution in [2.24, 2.45) is 11.7 Å². The molecule has 1 saturated heterocycles. The lowest BCUT2D eigenvalue weighted by Crippen LogP contribution is -2.26. The number of hydrogen-bond donors (Lipinski definition) is 2. The summed E-state index contributed by atoms with van der Waals surface area (Å²) in [5, 5.41) is 5.89. The molecule has 3 N–H and O–H groups in total. The van der Waals surface area contributed by atoms with Gasteiger partial charge in [-0.25, -0.2) is 0 Å². The number of fused-ring (bicyclic) bond motifs is 1. The number of benzene rings is 2. The zero-order valence-electron chi connectivity index (χ0n) is 12.1. The number of ether oxygens (including phenoxy) is 1. The molecule has 0 saturated carbocycles. The summed E-state index contributed by atoms with van der Waals surface area (Å²) in [6, 6.07) is 12.7. The van der Waals surface area contributed by atoms with E-state index in [1.807, 2.05) is 18.2 Å². The van der Waals surface area contributed by atoms with Crippen molar-refractivity contribution >= 4 is 33.7 Å². The lowest BCUT2D eigenvalue weighted by molar-refractivity contribution is 0.183. The number of nitrogens with one attached hydrogen (secondary N) is 1. The maximum atomic E-state index is 5.83. The van der Waals surface area contributed by atoms with Gasteiger partial charge in [0.2, 0.25) is 0 Å². The molecule has 3 nitrogen and oxygen atoms in total. The predicted octanol–water partition coefficient (Wildman–Crippen LogP) is 3.31. The van der Waals surface area contributed by atoms with Crippen molar-refractivity contribution < 1.29 is 4.74 Å². The first-order valence-electron chi connectivity index (χ1n) is 7.32. The largest absolute Gasteiger partial charge is 0.389 e. The molecule has 2 atom stereocenters. The topological polar surface area (TPSA) is 47.3 Å². The second kappa shape index (κ2) is 6.00. The first-order valence-corrected chi connectivity index (χ1v) is 7.73. The van der Waals surface area contributed by atoms with Crippen molar-refractivity contribution in [1.29, 1.82) is 0 Å². The first kappa shape index (κ1) is 14.3. The van der Waals surface area contributed by atoms with Gasteiger partial charge in [0.15, 0.2) is 0 Å². The van der Waals surface area contributed by atoms with Crippen LogP contribution in [0.15, 0.2) is 36.4 Å². The number of anilines is 1. The molecular weight excluding hydrogens is 280 g/mol. The first-order chi connectivity index (χ1) is 10.2. The highest BCUT2D eigenvalue weighted by molar-refractivity contribution is 7.80. The molecule has 2 aromatic carbocycles. The minimum atomic E-state index is 0.381. The molecule has 0 bridgehead atoms. The molecule has 1 heterocycles. The fourth-order valence-corrected chi connectivity index (χ4v) is 3.13. The summed E-state index contributed by atoms with van der Waals surface area (Å²) in [6.45, 7) is 3.94. The number of thiocarbonyl (C=S) groups is 1. The average Bonchev–Trinajstić information content (AvgIpc) is 3.01. The van der Waals surface area contributed by atoms with E-state index in [4.69, 9.17) is 22.7 Å². The maximum Gasteiger partial charge on any atom is 0.104 e. The van der Waals surface area contributed by atoms with E-state index in [1.54, 1.807) is 0 Å². The molecule has 4 heteroatoms. The minimum Gasteiger partial charge on any atom is -0.389 e. The van der Waals surface area contributed by atoms with Gasteiger partial charge < -0.3 is 15.8 Å². The quantitative estimate of drug-likeness (QED) is 0.851. The highest BCUT2D eigenvalue weighted by Crippen LogP contribution is 2.29. The van der Waals surface area contributed by atoms with E-state index < -0.39 is 0 Å². The highest BCUT2D eigenvalue weighted by atomic mass is 32.1. The Morgan fingerprint density at radius 1 is 1.29 bits per heavy atom. The SMILES string of the molecule is CC(Nc1ccc(C(N)=S)c2ccccc12)C1CCOC1. The van der Waals surface area contributed by atoms with E-state index in [1.165, 1.54) is 0 Å². The number of nitrogens with two attached hydrogens (primary N) is 1. The predicted molar refractivity (Wildman–Crippen MR) is 91.8 cm³/mol. The van der Waals surface area contributed by atoms with Crippen LogP contribution in [0.5, 0.6) is 0 Å². The van der Waals surface area contributed by atoms with Crippen LogP contribution in [0.4, 0.5) is 5.69 Å². The molecule has 3 rings (SSSR count). The van der Waals surface area contributed by atoms with Gasteiger partial charge in [0, 0.05) is 35.2 Å². The third kappa shape index (κ3) is 2.87. The second-order valence-electron chi connectivity index (χ2n) is 5.63. The van der Waals surface area contributed by atoms with Crippen molar-refractivity contribution in [3.8, 4) is 0 Å². The van der Waals surface area contributed by atoms with Gasteiger partial charge in [0.25, 0.3) is 0 Å². The Bertz CT molecular complexity index is 665. The molecule has 1 aliphatic heterocycles. The van der Waals surface area contributed by atoms with Crippen LogP contribution in [-0.4, -0.2) is 24.2 Å². The van der Waals surface area contributed by atoms with Crippen molar-refractivity contribution in [1.82, 2.24) is 0 Å². The molecule has 2 unspecified atom stereocenters. The average molecular weight is 300 g/mol. The molecular formula is C17H20N2OS. The van der Waals surface area contributed by atoms with Crippen LogP contribution in [-0.2, 0) is 4.74 Å². The standard InChI is InChI=1S/C17H20N2OS/c1-11(12-8-9-20-10-12)19-16-7-6-15(17(18)21)13-4-2-3-5-14(13)16/h2-7,11-12,19H,8-10H2,1H3,(H2,18,21). The van der Waals surface area contributed by atoms with Gasteiger partial charge in [0.1, 0.15) is 4.99 Å². The van der Waals surface area contributed by atoms with Gasteiger partial charge in [0.05, 0.1) is 6.61 Å². The number of rotatable bonds is 4. The smallest absolute Gasteiger partial charge is 0.104 e. The minimum absolute atomic E-state index is 0.381. The molecule has 1 aliphatic rings. The molecule has 0 amide bonds. The second-order valence-corrected chi connectivity index (χ2v) is 6.07. The summed E-state index contributed by atoms with van der Waals surface area (Å²) in [7, 11) is 0. The summed E-state index contributed by atoms with van der Waals surface area (Å²) in [5.41, 5.74) is 7.89. The van der Waals surface area contributed by atoms with Crippen LogP contribution >= 0.6 is 12.2 Å². The van der Waals surface area contributed by atoms with Gasteiger partial charge in [-0.2, -0.15) is 0 Å². The van der Waals surface area contributed by atoms with Crippen LogP contribution in [0, 0.1) is 5.92 Å². The van der Waals surface area contributed by atoms with Crippen molar-refractivity contribution in [3.05, 3.63) is 42.0 Å². The summed E-state index contributed by atoms with van der Waals surface area (Å²) < 4.78 is 5.48. The van der Waals surface area contributed by atoms with E-state index in [0.717, 1.165) is 41.7 Å². The van der Waals surface area contributed by atoms with Gasteiger partial charge in [-0.1, -0.05) is 36.5 Å². The Labute approximate surface area is 130 Å². The molecule has 0 radical (unpaired) electrons. The van der Waals surface area contributed by atoms with Gasteiger partial charge >= 0.3 is 0 Å². The maximum absolute atomic E-state index is 5.83. The monoisotopic (exact) mass is 300 g/mol. The third-order valence-electron chi connectivity index (χ3n) is 4.24. The molecule has 1 fully saturated rings. The third-order valence-corrected chi connectivity index (χ3v) is 4.46. The number of hydrogen-bond acceptors (Lipinski definition) is 3. The van der Waals surface area contributed by atoms with E-state index in [0.29, 0.717) is 16.9 Å². The van der Waals surface area contributed by atoms with E-state index in [2.05, 4.69) is 30.4 Å². The molecule has 0 aromatic heterocycles. The molecule has 0 spiro atoms. The van der Waals surface area contributed by atoms with Crippen LogP contribution in [0.25, 0.3) is 10.8 Å². The summed E-state index contributed by atoms with van der Waals surface area (Å²) in [6.07, 6.45) is 1.12. The van der Waals surface area contributed by atoms with Crippen LogP contribution < -0.4 is 11.1 Å². The van der Waals surface area contributed by atoms with E-state index in [-0.39, 0.29) is 0 Å². The van der Waals surface area contributed by atoms with Crippen LogP contribution in [0.2, 0.25) is 0 Å². The summed E-state index contributed by atoms with van der Waals surface area (Å²) in [5.74, 6) is 0.569. The molecule has 0 aliphatic carbocycles. The van der Waals surface area contributed by atoms with E-state index in [9.17, 15) is 0 Å². The lowest BCUT2D eigenvalue weighted by atomic mass is 9.98. The Balaban J connectivity index is 1.95. The normalized spacial score (nSPS) is 19.6. The van der Waals surface area contributed by atoms with Crippen molar-refractivity contribution in [2.75, 3.05) is 18.5 Å². The van der Waals surface area contributed by atoms with Crippen molar-refractivity contribution in [2.45, 2.75) is 19.4 Å². The van der Waals surface area contributed by atoms with Crippen molar-refractivity contribution in [3.63, 3.8) is 0 Å². The zero-order valence-corrected chi connectivity index (χ0v) is 13.0. The lowest BCUT2D eigenvalue weighted by Gasteiger charge is -2.22. The molecule has 110 valence electrons. The fraction of sp³-hybridized carbons (Fsp3) is 0.353. The van der Waals surface area contributed by atoms with Gasteiger partial charge in [-0.15, -0.1) is 0 Å². The Morgan fingerprint density at radius 3 is 2.71 bits per heavy atom. The highest BCUT2D eigenvalue weighted by Gasteiger charge is 2.22. The summed E-state index contributed by atoms with van der Waals surface area (Å²) in [4.78, 5) is 0.440. The van der Waals surface area contributed by atoms with Gasteiger partial charge in [-0.3, -0.25) is 0 Å². The van der Waals surface area contributed by atoms with Gasteiger partial charge in [-0.05, 0) is 30.9 Å². The Morgan fingerprint density at radius 2 is 2.05 bits per heavy atom. The Kier molecular flexibility index (Phi) is 4.08. The summed E-state index contributed by atoms with van der Waals surface area (Å²) >= 11 is 5.15. The molecule has 2 aromatic rings. The molecule has 21 heavy (non-hydrogen) atoms. The van der Waals surface area contributed by atoms with Crippen LogP contribution in [0.3, 0.4) is 0 Å². The van der Waals surface area contributed by atoms with Crippen LogP contribution in [0.1, 0.15) is 18.9 Å². The van der Waals surface area contributed by atoms with E-state index >= 15 is 0 Å².